The molecule has 1 aliphatic rings. The Morgan fingerprint density at radius 1 is 1.36 bits per heavy atom. The van der Waals surface area contributed by atoms with Gasteiger partial charge in [0.25, 0.3) is 0 Å². The Balaban J connectivity index is 1.78. The molecule has 0 spiro atoms. The topological polar surface area (TPSA) is 45.6 Å². The first kappa shape index (κ1) is 16.5. The van der Waals surface area contributed by atoms with E-state index in [1.54, 1.807) is 12.3 Å². The van der Waals surface area contributed by atoms with Gasteiger partial charge in [0.05, 0.1) is 6.21 Å². The van der Waals surface area contributed by atoms with Crippen molar-refractivity contribution in [3.05, 3.63) is 42.5 Å². The number of hydrogen-bond acceptors (Lipinski definition) is 3. The van der Waals surface area contributed by atoms with E-state index >= 15 is 0 Å². The van der Waals surface area contributed by atoms with Crippen LogP contribution < -0.4 is 15.5 Å². The predicted octanol–water partition coefficient (Wildman–Crippen LogP) is 3.38. The highest BCUT2D eigenvalue weighted by Crippen LogP contribution is 2.17. The number of hydrogen-bond donors (Lipinski definition) is 2. The quantitative estimate of drug-likeness (QED) is 0.365. The molecule has 0 amide bonds. The van der Waals surface area contributed by atoms with Crippen LogP contribution in [0.5, 0.6) is 5.75 Å². The van der Waals surface area contributed by atoms with E-state index in [2.05, 4.69) is 22.4 Å². The summed E-state index contributed by atoms with van der Waals surface area (Å²) in [6, 6.07) is 8.21. The van der Waals surface area contributed by atoms with E-state index in [1.165, 1.54) is 32.1 Å². The van der Waals surface area contributed by atoms with Gasteiger partial charge in [-0.1, -0.05) is 44.1 Å². The van der Waals surface area contributed by atoms with Crippen LogP contribution in [0.2, 0.25) is 0 Å². The van der Waals surface area contributed by atoms with Gasteiger partial charge in [0.1, 0.15) is 12.4 Å². The first-order chi connectivity index (χ1) is 10.8. The summed E-state index contributed by atoms with van der Waals surface area (Å²) in [4.78, 5) is 0. The number of benzene rings is 1. The number of nitrogens with one attached hydrogen (secondary N) is 2. The third-order valence-corrected chi connectivity index (χ3v) is 3.76. The van der Waals surface area contributed by atoms with E-state index in [0.29, 0.717) is 17.8 Å². The molecule has 5 heteroatoms. The summed E-state index contributed by atoms with van der Waals surface area (Å²) in [5.41, 5.74) is 3.83. The Kier molecular flexibility index (Phi) is 6.90. The molecule has 0 atom stereocenters. The zero-order valence-electron chi connectivity index (χ0n) is 12.8. The fraction of sp³-hybridized carbons (Fsp3) is 0.412. The maximum absolute atomic E-state index is 5.49. The van der Waals surface area contributed by atoms with Crippen molar-refractivity contribution < 1.29 is 4.74 Å². The van der Waals surface area contributed by atoms with Gasteiger partial charge < -0.3 is 10.1 Å². The van der Waals surface area contributed by atoms with Crippen molar-refractivity contribution in [2.45, 2.75) is 38.1 Å². The first-order valence-electron chi connectivity index (χ1n) is 7.71. The standard InChI is InChI=1S/C17H23N3OS/c1-2-11-21-16-10-6-7-14(12-16)13-18-20-17(22)19-15-8-4-3-5-9-15/h2,6-7,10,12-13,15H,1,3-5,8-9,11H2,(H2,19,20,22)/b18-13-. The molecule has 0 bridgehead atoms. The lowest BCUT2D eigenvalue weighted by Gasteiger charge is -2.23. The summed E-state index contributed by atoms with van der Waals surface area (Å²) in [5.74, 6) is 0.798. The summed E-state index contributed by atoms with van der Waals surface area (Å²) in [7, 11) is 0. The Labute approximate surface area is 137 Å². The van der Waals surface area contributed by atoms with Crippen molar-refractivity contribution in [2.24, 2.45) is 5.10 Å². The summed E-state index contributed by atoms with van der Waals surface area (Å²) in [6.07, 6.45) is 9.72. The maximum atomic E-state index is 5.49. The van der Waals surface area contributed by atoms with E-state index in [9.17, 15) is 0 Å². The summed E-state index contributed by atoms with van der Waals surface area (Å²) in [5, 5.41) is 8.07. The molecule has 1 fully saturated rings. The minimum atomic E-state index is 0.486. The first-order valence-corrected chi connectivity index (χ1v) is 8.12. The smallest absolute Gasteiger partial charge is 0.187 e. The minimum absolute atomic E-state index is 0.486. The van der Waals surface area contributed by atoms with E-state index in [1.807, 2.05) is 24.3 Å². The fourth-order valence-corrected chi connectivity index (χ4v) is 2.69. The molecule has 4 nitrogen and oxygen atoms in total. The minimum Gasteiger partial charge on any atom is -0.490 e. The average molecular weight is 317 g/mol. The van der Waals surface area contributed by atoms with Crippen LogP contribution in [-0.2, 0) is 0 Å². The molecule has 0 unspecified atom stereocenters. The highest BCUT2D eigenvalue weighted by atomic mass is 32.1. The van der Waals surface area contributed by atoms with Gasteiger partial charge in [-0.05, 0) is 42.8 Å². The average Bonchev–Trinajstić information content (AvgIpc) is 2.54. The van der Waals surface area contributed by atoms with Crippen molar-refractivity contribution in [1.29, 1.82) is 0 Å². The number of ether oxygens (including phenoxy) is 1. The summed E-state index contributed by atoms with van der Waals surface area (Å²) < 4.78 is 5.49. The lowest BCUT2D eigenvalue weighted by molar-refractivity contribution is 0.363. The van der Waals surface area contributed by atoms with Crippen LogP contribution in [-0.4, -0.2) is 24.0 Å². The van der Waals surface area contributed by atoms with Gasteiger partial charge in [-0.25, -0.2) is 0 Å². The molecule has 0 aromatic heterocycles. The van der Waals surface area contributed by atoms with Crippen LogP contribution in [0.15, 0.2) is 42.0 Å². The summed E-state index contributed by atoms with van der Waals surface area (Å²) in [6.45, 7) is 4.13. The van der Waals surface area contributed by atoms with Crippen LogP contribution in [0, 0.1) is 0 Å². The van der Waals surface area contributed by atoms with Gasteiger partial charge in [-0.15, -0.1) is 0 Å². The van der Waals surface area contributed by atoms with Crippen molar-refractivity contribution in [1.82, 2.24) is 10.7 Å². The van der Waals surface area contributed by atoms with Gasteiger partial charge in [-0.2, -0.15) is 5.10 Å². The SMILES string of the molecule is C=CCOc1cccc(/C=N\NC(=S)NC2CCCCC2)c1. The molecule has 0 saturated heterocycles. The zero-order chi connectivity index (χ0) is 15.6. The Hall–Kier alpha value is -1.88. The van der Waals surface area contributed by atoms with Gasteiger partial charge in [-0.3, -0.25) is 5.43 Å². The molecular weight excluding hydrogens is 294 g/mol. The van der Waals surface area contributed by atoms with Gasteiger partial charge in [0.2, 0.25) is 0 Å². The normalized spacial score (nSPS) is 15.5. The molecule has 1 saturated carbocycles. The monoisotopic (exact) mass is 317 g/mol. The maximum Gasteiger partial charge on any atom is 0.187 e. The van der Waals surface area contributed by atoms with Gasteiger partial charge >= 0.3 is 0 Å². The fourth-order valence-electron chi connectivity index (χ4n) is 2.47. The number of nitrogens with zero attached hydrogens (tertiary/aromatic N) is 1. The van der Waals surface area contributed by atoms with Crippen molar-refractivity contribution in [2.75, 3.05) is 6.61 Å². The molecule has 0 aliphatic heterocycles. The highest BCUT2D eigenvalue weighted by molar-refractivity contribution is 7.80. The number of hydrazone groups is 1. The van der Waals surface area contributed by atoms with E-state index in [0.717, 1.165) is 11.3 Å². The molecule has 1 aromatic rings. The van der Waals surface area contributed by atoms with Gasteiger partial charge in [0, 0.05) is 6.04 Å². The molecule has 2 rings (SSSR count). The third-order valence-electron chi connectivity index (χ3n) is 3.55. The van der Waals surface area contributed by atoms with Crippen LogP contribution in [0.4, 0.5) is 0 Å². The highest BCUT2D eigenvalue weighted by Gasteiger charge is 2.13. The van der Waals surface area contributed by atoms with E-state index in [4.69, 9.17) is 17.0 Å². The third kappa shape index (κ3) is 5.85. The van der Waals surface area contributed by atoms with E-state index < -0.39 is 0 Å². The van der Waals surface area contributed by atoms with Crippen LogP contribution >= 0.6 is 12.2 Å². The number of thiocarbonyl (C=S) groups is 1. The Bertz CT molecular complexity index is 524. The van der Waals surface area contributed by atoms with Crippen LogP contribution in [0.25, 0.3) is 0 Å². The van der Waals surface area contributed by atoms with Crippen LogP contribution in [0.1, 0.15) is 37.7 Å². The lowest BCUT2D eigenvalue weighted by atomic mass is 9.96. The molecule has 0 radical (unpaired) electrons. The largest absolute Gasteiger partial charge is 0.490 e. The lowest BCUT2D eigenvalue weighted by Crippen LogP contribution is -2.40. The zero-order valence-corrected chi connectivity index (χ0v) is 13.6. The molecule has 0 heterocycles. The second-order valence-corrected chi connectivity index (χ2v) is 5.76. The second kappa shape index (κ2) is 9.20. The van der Waals surface area contributed by atoms with Crippen molar-refractivity contribution in [3.8, 4) is 5.75 Å². The molecule has 1 aliphatic carbocycles. The Morgan fingerprint density at radius 3 is 2.95 bits per heavy atom. The van der Waals surface area contributed by atoms with E-state index in [-0.39, 0.29) is 0 Å². The van der Waals surface area contributed by atoms with Crippen molar-refractivity contribution >= 4 is 23.5 Å². The molecule has 1 aromatic carbocycles. The predicted molar refractivity (Wildman–Crippen MR) is 95.5 cm³/mol. The number of rotatable bonds is 6. The summed E-state index contributed by atoms with van der Waals surface area (Å²) >= 11 is 5.26. The Morgan fingerprint density at radius 2 is 2.18 bits per heavy atom. The van der Waals surface area contributed by atoms with Crippen molar-refractivity contribution in [3.63, 3.8) is 0 Å². The molecule has 118 valence electrons. The second-order valence-electron chi connectivity index (χ2n) is 5.35. The van der Waals surface area contributed by atoms with Gasteiger partial charge in [0.15, 0.2) is 5.11 Å². The molecular formula is C17H23N3OS. The molecule has 2 N–H and O–H groups in total. The molecule has 22 heavy (non-hydrogen) atoms. The van der Waals surface area contributed by atoms with Crippen LogP contribution in [0.3, 0.4) is 0 Å².